The van der Waals surface area contributed by atoms with Crippen LogP contribution in [0, 0.1) is 0 Å². The topological polar surface area (TPSA) is 30.7 Å². The van der Waals surface area contributed by atoms with E-state index in [9.17, 15) is 0 Å². The monoisotopic (exact) mass is 627 g/mol. The Labute approximate surface area is 278 Å². The standard InChI is InChI=1S/C44H25N3S/c1-2-14-28(15-3-1)39-35-25-23-26-12-4-6-16-29(26)40(35)46-44(45-39)47-41-30-17-7-5-13-27(30)22-24-34(41)37-31-18-8-9-19-32(31)38-33-20-10-11-21-36(33)48-43(38)42(37)47/h1-25H. The Kier molecular flexibility index (Phi) is 5.26. The lowest BCUT2D eigenvalue weighted by atomic mass is 9.98. The van der Waals surface area contributed by atoms with Crippen LogP contribution in [0.3, 0.4) is 0 Å². The largest absolute Gasteiger partial charge is 0.276 e. The Morgan fingerprint density at radius 3 is 1.81 bits per heavy atom. The van der Waals surface area contributed by atoms with Crippen molar-refractivity contribution in [2.45, 2.75) is 0 Å². The third-order valence-electron chi connectivity index (χ3n) is 9.96. The van der Waals surface area contributed by atoms with Gasteiger partial charge in [0.25, 0.3) is 0 Å². The predicted octanol–water partition coefficient (Wildman–Crippen LogP) is 12.2. The van der Waals surface area contributed by atoms with E-state index in [1.807, 2.05) is 11.3 Å². The number of rotatable bonds is 2. The molecular formula is C44H25N3S. The Balaban J connectivity index is 1.44. The summed E-state index contributed by atoms with van der Waals surface area (Å²) in [5.74, 6) is 0.683. The summed E-state index contributed by atoms with van der Waals surface area (Å²) >= 11 is 1.87. The lowest BCUT2D eigenvalue weighted by Crippen LogP contribution is -2.04. The second kappa shape index (κ2) is 9.71. The highest BCUT2D eigenvalue weighted by atomic mass is 32.1. The van der Waals surface area contributed by atoms with Crippen molar-refractivity contribution in [1.82, 2.24) is 14.5 Å². The Bertz CT molecular complexity index is 3120. The number of thiophene rings is 1. The highest BCUT2D eigenvalue weighted by Gasteiger charge is 2.25. The molecule has 11 rings (SSSR count). The van der Waals surface area contributed by atoms with Crippen LogP contribution in [0.15, 0.2) is 152 Å². The molecule has 11 aromatic rings. The first kappa shape index (κ1) is 26.0. The lowest BCUT2D eigenvalue weighted by molar-refractivity contribution is 1.02. The van der Waals surface area contributed by atoms with E-state index in [0.29, 0.717) is 5.95 Å². The lowest BCUT2D eigenvalue weighted by Gasteiger charge is -2.14. The molecule has 8 aromatic carbocycles. The van der Waals surface area contributed by atoms with E-state index in [-0.39, 0.29) is 0 Å². The van der Waals surface area contributed by atoms with Crippen LogP contribution in [-0.4, -0.2) is 14.5 Å². The predicted molar refractivity (Wildman–Crippen MR) is 205 cm³/mol. The van der Waals surface area contributed by atoms with E-state index < -0.39 is 0 Å². The molecule has 3 heterocycles. The van der Waals surface area contributed by atoms with Crippen LogP contribution in [0.5, 0.6) is 0 Å². The summed E-state index contributed by atoms with van der Waals surface area (Å²) in [5.41, 5.74) is 5.27. The third-order valence-corrected chi connectivity index (χ3v) is 11.1. The minimum absolute atomic E-state index is 0.683. The van der Waals surface area contributed by atoms with Gasteiger partial charge in [-0.05, 0) is 33.7 Å². The minimum Gasteiger partial charge on any atom is -0.276 e. The van der Waals surface area contributed by atoms with Crippen molar-refractivity contribution < 1.29 is 0 Å². The minimum atomic E-state index is 0.683. The Hall–Kier alpha value is -6.10. The molecular weight excluding hydrogens is 603 g/mol. The van der Waals surface area contributed by atoms with Crippen LogP contribution in [-0.2, 0) is 0 Å². The quantitative estimate of drug-likeness (QED) is 0.179. The molecule has 4 heteroatoms. The molecule has 3 nitrogen and oxygen atoms in total. The van der Waals surface area contributed by atoms with E-state index in [4.69, 9.17) is 9.97 Å². The van der Waals surface area contributed by atoms with Gasteiger partial charge in [0.15, 0.2) is 0 Å². The fourth-order valence-electron chi connectivity index (χ4n) is 7.90. The van der Waals surface area contributed by atoms with Gasteiger partial charge in [0.2, 0.25) is 5.95 Å². The van der Waals surface area contributed by atoms with Crippen molar-refractivity contribution >= 4 is 96.5 Å². The fourth-order valence-corrected chi connectivity index (χ4v) is 9.16. The summed E-state index contributed by atoms with van der Waals surface area (Å²) in [6, 6.07) is 54.4. The van der Waals surface area contributed by atoms with Gasteiger partial charge in [-0.2, -0.15) is 0 Å². The molecule has 3 aromatic heterocycles. The maximum atomic E-state index is 5.54. The van der Waals surface area contributed by atoms with Gasteiger partial charge in [-0.1, -0.05) is 140 Å². The average molecular weight is 628 g/mol. The highest BCUT2D eigenvalue weighted by Crippen LogP contribution is 2.49. The van der Waals surface area contributed by atoms with Crippen LogP contribution in [0.2, 0.25) is 0 Å². The van der Waals surface area contributed by atoms with Gasteiger partial charge in [0.1, 0.15) is 0 Å². The first-order valence-electron chi connectivity index (χ1n) is 16.3. The average Bonchev–Trinajstić information content (AvgIpc) is 3.72. The second-order valence-electron chi connectivity index (χ2n) is 12.5. The van der Waals surface area contributed by atoms with Gasteiger partial charge >= 0.3 is 0 Å². The number of nitrogens with zero attached hydrogens (tertiary/aromatic N) is 3. The maximum absolute atomic E-state index is 5.54. The molecule has 0 radical (unpaired) electrons. The van der Waals surface area contributed by atoms with Gasteiger partial charge in [-0.3, -0.25) is 4.57 Å². The van der Waals surface area contributed by atoms with Gasteiger partial charge in [-0.25, -0.2) is 9.97 Å². The molecule has 0 unspecified atom stereocenters. The fraction of sp³-hybridized carbons (Fsp3) is 0. The SMILES string of the molecule is c1ccc(-c2nc(-n3c4c5ccccc5ccc4c4c5ccccc5c5c6ccccc6sc5c43)nc3c2ccc2ccccc23)cc1. The number of hydrogen-bond acceptors (Lipinski definition) is 3. The van der Waals surface area contributed by atoms with Crippen LogP contribution >= 0.6 is 11.3 Å². The number of fused-ring (bicyclic) bond motifs is 15. The van der Waals surface area contributed by atoms with E-state index in [2.05, 4.69) is 156 Å². The molecule has 48 heavy (non-hydrogen) atoms. The molecule has 0 saturated heterocycles. The smallest absolute Gasteiger partial charge is 0.235 e. The second-order valence-corrected chi connectivity index (χ2v) is 13.6. The summed E-state index contributed by atoms with van der Waals surface area (Å²) in [4.78, 5) is 11.1. The summed E-state index contributed by atoms with van der Waals surface area (Å²) in [6.45, 7) is 0. The molecule has 0 aliphatic carbocycles. The number of benzene rings is 8. The normalized spacial score (nSPS) is 12.2. The molecule has 0 aliphatic heterocycles. The maximum Gasteiger partial charge on any atom is 0.235 e. The summed E-state index contributed by atoms with van der Waals surface area (Å²) < 4.78 is 4.92. The van der Waals surface area contributed by atoms with Crippen molar-refractivity contribution in [2.24, 2.45) is 0 Å². The summed E-state index contributed by atoms with van der Waals surface area (Å²) in [5, 5.41) is 13.3. The van der Waals surface area contributed by atoms with E-state index >= 15 is 0 Å². The van der Waals surface area contributed by atoms with E-state index in [1.165, 1.54) is 57.9 Å². The zero-order valence-corrected chi connectivity index (χ0v) is 26.5. The van der Waals surface area contributed by atoms with Gasteiger partial charge < -0.3 is 0 Å². The molecule has 0 aliphatic rings. The molecule has 0 saturated carbocycles. The molecule has 222 valence electrons. The first-order chi connectivity index (χ1) is 23.8. The molecule has 0 amide bonds. The van der Waals surface area contributed by atoms with Crippen molar-refractivity contribution in [3.05, 3.63) is 152 Å². The van der Waals surface area contributed by atoms with Gasteiger partial charge in [0.05, 0.1) is 26.9 Å². The van der Waals surface area contributed by atoms with E-state index in [0.717, 1.165) is 38.6 Å². The third kappa shape index (κ3) is 3.47. The zero-order chi connectivity index (χ0) is 31.3. The van der Waals surface area contributed by atoms with Crippen molar-refractivity contribution in [3.63, 3.8) is 0 Å². The summed E-state index contributed by atoms with van der Waals surface area (Å²) in [7, 11) is 0. The Morgan fingerprint density at radius 2 is 1.02 bits per heavy atom. The Morgan fingerprint density at radius 1 is 0.417 bits per heavy atom. The van der Waals surface area contributed by atoms with Crippen LogP contribution in [0.4, 0.5) is 0 Å². The zero-order valence-electron chi connectivity index (χ0n) is 25.7. The van der Waals surface area contributed by atoms with Crippen LogP contribution in [0.1, 0.15) is 0 Å². The molecule has 0 bridgehead atoms. The van der Waals surface area contributed by atoms with E-state index in [1.54, 1.807) is 0 Å². The molecule has 0 N–H and O–H groups in total. The first-order valence-corrected chi connectivity index (χ1v) is 17.1. The van der Waals surface area contributed by atoms with Crippen LogP contribution in [0.25, 0.3) is 102 Å². The highest BCUT2D eigenvalue weighted by molar-refractivity contribution is 7.27. The van der Waals surface area contributed by atoms with Crippen LogP contribution < -0.4 is 0 Å². The van der Waals surface area contributed by atoms with Gasteiger partial charge in [-0.15, -0.1) is 11.3 Å². The number of aromatic nitrogens is 3. The van der Waals surface area contributed by atoms with Crippen molar-refractivity contribution in [2.75, 3.05) is 0 Å². The van der Waals surface area contributed by atoms with Crippen molar-refractivity contribution in [1.29, 1.82) is 0 Å². The molecule has 0 fully saturated rings. The summed E-state index contributed by atoms with van der Waals surface area (Å²) in [6.07, 6.45) is 0. The molecule has 0 atom stereocenters. The molecule has 0 spiro atoms. The van der Waals surface area contributed by atoms with Crippen molar-refractivity contribution in [3.8, 4) is 17.2 Å². The number of hydrogen-bond donors (Lipinski definition) is 0. The van der Waals surface area contributed by atoms with Gasteiger partial charge in [0, 0.05) is 48.0 Å².